The number of anilines is 1. The Bertz CT molecular complexity index is 1150. The van der Waals surface area contributed by atoms with Gasteiger partial charge < -0.3 is 10.6 Å². The molecule has 1 heterocycles. The summed E-state index contributed by atoms with van der Waals surface area (Å²) in [6.45, 7) is 11.1. The summed E-state index contributed by atoms with van der Waals surface area (Å²) in [5.41, 5.74) is 0.241. The molecular formula is C30H39F3N2O2. The molecule has 37 heavy (non-hydrogen) atoms. The van der Waals surface area contributed by atoms with Crippen LogP contribution in [0.15, 0.2) is 30.0 Å². The molecule has 1 saturated heterocycles. The van der Waals surface area contributed by atoms with Gasteiger partial charge in [-0.1, -0.05) is 40.7 Å². The molecular weight excluding hydrogens is 477 g/mol. The molecule has 4 aliphatic rings. The van der Waals surface area contributed by atoms with Gasteiger partial charge in [0.05, 0.1) is 11.3 Å². The summed E-state index contributed by atoms with van der Waals surface area (Å²) in [6.07, 6.45) is 2.11. The first-order chi connectivity index (χ1) is 17.1. The number of amides is 1. The van der Waals surface area contributed by atoms with Crippen LogP contribution in [-0.2, 0) is 21.2 Å². The molecule has 3 unspecified atom stereocenters. The van der Waals surface area contributed by atoms with Gasteiger partial charge in [0.15, 0.2) is 5.78 Å². The number of ketones is 1. The molecule has 3 aliphatic carbocycles. The Morgan fingerprint density at radius 1 is 1.05 bits per heavy atom. The summed E-state index contributed by atoms with van der Waals surface area (Å²) in [4.78, 5) is 25.7. The van der Waals surface area contributed by atoms with Crippen LogP contribution in [-0.4, -0.2) is 18.2 Å². The Morgan fingerprint density at radius 3 is 2.46 bits per heavy atom. The lowest BCUT2D eigenvalue weighted by Crippen LogP contribution is -2.57. The first-order valence-electron chi connectivity index (χ1n) is 13.7. The molecule has 2 saturated carbocycles. The second-order valence-electron chi connectivity index (χ2n) is 13.4. The monoisotopic (exact) mass is 516 g/mol. The van der Waals surface area contributed by atoms with Gasteiger partial charge in [-0.25, -0.2) is 0 Å². The number of piperidine rings is 1. The quantitative estimate of drug-likeness (QED) is 0.452. The van der Waals surface area contributed by atoms with Crippen molar-refractivity contribution in [2.45, 2.75) is 84.7 Å². The maximum Gasteiger partial charge on any atom is 0.418 e. The number of alkyl halides is 3. The Hall–Kier alpha value is -2.31. The van der Waals surface area contributed by atoms with Crippen LogP contribution >= 0.6 is 0 Å². The molecule has 0 aromatic heterocycles. The molecule has 202 valence electrons. The number of benzene rings is 1. The van der Waals surface area contributed by atoms with Crippen molar-refractivity contribution in [1.82, 2.24) is 5.32 Å². The lowest BCUT2D eigenvalue weighted by Gasteiger charge is -2.58. The van der Waals surface area contributed by atoms with E-state index in [-0.39, 0.29) is 39.5 Å². The van der Waals surface area contributed by atoms with Gasteiger partial charge in [-0.05, 0) is 78.4 Å². The minimum absolute atomic E-state index is 0.0481. The van der Waals surface area contributed by atoms with Gasteiger partial charge in [-0.2, -0.15) is 13.2 Å². The number of halogens is 3. The van der Waals surface area contributed by atoms with E-state index in [0.29, 0.717) is 30.6 Å². The number of hydrogen-bond donors (Lipinski definition) is 2. The fourth-order valence-corrected chi connectivity index (χ4v) is 8.16. The maximum atomic E-state index is 13.8. The fourth-order valence-electron chi connectivity index (χ4n) is 8.16. The van der Waals surface area contributed by atoms with Crippen molar-refractivity contribution in [3.8, 4) is 0 Å². The van der Waals surface area contributed by atoms with E-state index in [1.807, 2.05) is 20.8 Å². The van der Waals surface area contributed by atoms with Crippen molar-refractivity contribution in [2.75, 3.05) is 11.9 Å². The summed E-state index contributed by atoms with van der Waals surface area (Å²) in [5, 5.41) is 6.30. The largest absolute Gasteiger partial charge is 0.418 e. The molecule has 1 aliphatic heterocycles. The van der Waals surface area contributed by atoms with Gasteiger partial charge in [-0.3, -0.25) is 9.59 Å². The van der Waals surface area contributed by atoms with Crippen molar-refractivity contribution in [2.24, 2.45) is 34.5 Å². The van der Waals surface area contributed by atoms with Gasteiger partial charge in [-0.15, -0.1) is 0 Å². The zero-order valence-electron chi connectivity index (χ0n) is 22.5. The highest BCUT2D eigenvalue weighted by atomic mass is 19.4. The van der Waals surface area contributed by atoms with Gasteiger partial charge in [0.1, 0.15) is 0 Å². The first kappa shape index (κ1) is 26.3. The van der Waals surface area contributed by atoms with E-state index >= 15 is 0 Å². The first-order valence-corrected chi connectivity index (χ1v) is 13.7. The number of fused-ring (bicyclic) bond motifs is 5. The van der Waals surface area contributed by atoms with Gasteiger partial charge >= 0.3 is 6.18 Å². The van der Waals surface area contributed by atoms with E-state index in [2.05, 4.69) is 24.5 Å². The van der Waals surface area contributed by atoms with E-state index in [9.17, 15) is 22.8 Å². The summed E-state index contributed by atoms with van der Waals surface area (Å²) in [6, 6.07) is 4.09. The molecule has 0 radical (unpaired) electrons. The smallest absolute Gasteiger partial charge is 0.387 e. The number of hydrogen-bond acceptors (Lipinski definition) is 3. The van der Waals surface area contributed by atoms with Crippen LogP contribution in [0.4, 0.5) is 18.9 Å². The molecule has 6 atom stereocenters. The highest BCUT2D eigenvalue weighted by molar-refractivity contribution is 5.94. The van der Waals surface area contributed by atoms with Crippen LogP contribution in [0.25, 0.3) is 0 Å². The molecule has 1 aromatic carbocycles. The molecule has 3 fully saturated rings. The standard InChI is InChI=1S/C30H39F3N2O2/c1-27(2,3)17-6-7-22(30(31,32)33)24(14-17)35-26(37)23-9-8-20-19-16-34-25-15-18(36)10-12-29(25,5)21(19)11-13-28(20,23)4/h6-7,14-15,19-21,23,34H,8-13,16H2,1-5H3,(H,35,37)/t19?,20?,21?,23-,28+,29-/m1/s1. The molecule has 0 bridgehead atoms. The van der Waals surface area contributed by atoms with Gasteiger partial charge in [0.25, 0.3) is 0 Å². The Balaban J connectivity index is 1.40. The third kappa shape index (κ3) is 4.30. The van der Waals surface area contributed by atoms with Crippen molar-refractivity contribution in [1.29, 1.82) is 0 Å². The molecule has 0 spiro atoms. The zero-order valence-corrected chi connectivity index (χ0v) is 22.5. The van der Waals surface area contributed by atoms with E-state index in [1.54, 1.807) is 6.08 Å². The minimum Gasteiger partial charge on any atom is -0.387 e. The van der Waals surface area contributed by atoms with Gasteiger partial charge in [0, 0.05) is 36.1 Å². The highest BCUT2D eigenvalue weighted by Gasteiger charge is 2.60. The van der Waals surface area contributed by atoms with Crippen molar-refractivity contribution in [3.63, 3.8) is 0 Å². The molecule has 1 amide bonds. The second-order valence-corrected chi connectivity index (χ2v) is 13.4. The minimum atomic E-state index is -4.55. The third-order valence-electron chi connectivity index (χ3n) is 10.4. The topological polar surface area (TPSA) is 58.2 Å². The van der Waals surface area contributed by atoms with E-state index in [4.69, 9.17) is 0 Å². The fraction of sp³-hybridized carbons (Fsp3) is 0.667. The van der Waals surface area contributed by atoms with Crippen LogP contribution in [0.1, 0.15) is 84.3 Å². The average Bonchev–Trinajstić information content (AvgIpc) is 3.15. The Morgan fingerprint density at radius 2 is 1.78 bits per heavy atom. The predicted molar refractivity (Wildman–Crippen MR) is 138 cm³/mol. The lowest BCUT2D eigenvalue weighted by molar-refractivity contribution is -0.137. The molecule has 5 rings (SSSR count). The summed E-state index contributed by atoms with van der Waals surface area (Å²) >= 11 is 0. The van der Waals surface area contributed by atoms with Crippen LogP contribution < -0.4 is 10.6 Å². The number of allylic oxidation sites excluding steroid dienone is 2. The second kappa shape index (κ2) is 8.60. The van der Waals surface area contributed by atoms with Crippen LogP contribution in [0.5, 0.6) is 0 Å². The van der Waals surface area contributed by atoms with Crippen molar-refractivity contribution < 1.29 is 22.8 Å². The Kier molecular flexibility index (Phi) is 6.12. The normalized spacial score (nSPS) is 35.6. The van der Waals surface area contributed by atoms with Crippen molar-refractivity contribution in [3.05, 3.63) is 41.1 Å². The average molecular weight is 517 g/mol. The maximum absolute atomic E-state index is 13.8. The summed E-state index contributed by atoms with van der Waals surface area (Å²) in [7, 11) is 0. The number of carbonyl (C=O) groups is 2. The number of carbonyl (C=O) groups excluding carboxylic acids is 2. The Labute approximate surface area is 217 Å². The molecule has 4 nitrogen and oxygen atoms in total. The third-order valence-corrected chi connectivity index (χ3v) is 10.4. The van der Waals surface area contributed by atoms with Crippen LogP contribution in [0, 0.1) is 34.5 Å². The van der Waals surface area contributed by atoms with Crippen LogP contribution in [0.3, 0.4) is 0 Å². The summed E-state index contributed by atoms with van der Waals surface area (Å²) in [5.74, 6) is 0.739. The molecule has 2 N–H and O–H groups in total. The van der Waals surface area contributed by atoms with E-state index < -0.39 is 11.7 Å². The van der Waals surface area contributed by atoms with Crippen LogP contribution in [0.2, 0.25) is 0 Å². The molecule has 1 aromatic rings. The predicted octanol–water partition coefficient (Wildman–Crippen LogP) is 6.86. The SMILES string of the molecule is CC(C)(C)c1ccc(C(F)(F)F)c(NC(=O)[C@H]2CCC3C4CNC5=CC(=O)CC[C@]5(C)C4CC[C@@]32C)c1. The zero-order chi connectivity index (χ0) is 27.0. The van der Waals surface area contributed by atoms with Crippen molar-refractivity contribution >= 4 is 17.4 Å². The number of rotatable bonds is 2. The molecule has 7 heteroatoms. The lowest BCUT2D eigenvalue weighted by atomic mass is 9.50. The summed E-state index contributed by atoms with van der Waals surface area (Å²) < 4.78 is 41.5. The van der Waals surface area contributed by atoms with Gasteiger partial charge in [0.2, 0.25) is 5.91 Å². The van der Waals surface area contributed by atoms with E-state index in [1.165, 1.54) is 12.1 Å². The number of nitrogens with one attached hydrogen (secondary N) is 2. The van der Waals surface area contributed by atoms with E-state index in [0.717, 1.165) is 49.6 Å². The highest BCUT2D eigenvalue weighted by Crippen LogP contribution is 2.64.